The van der Waals surface area contributed by atoms with Crippen LogP contribution in [0.5, 0.6) is 0 Å². The average Bonchev–Trinajstić information content (AvgIpc) is 2.14. The van der Waals surface area contributed by atoms with Gasteiger partial charge in [-0.1, -0.05) is 12.1 Å². The summed E-state index contributed by atoms with van der Waals surface area (Å²) >= 11 is 0. The van der Waals surface area contributed by atoms with E-state index in [1.807, 2.05) is 13.1 Å². The Morgan fingerprint density at radius 1 is 1.46 bits per heavy atom. The monoisotopic (exact) mass is 181 g/mol. The lowest BCUT2D eigenvalue weighted by molar-refractivity contribution is 0.562. The van der Waals surface area contributed by atoms with Crippen LogP contribution in [0.1, 0.15) is 18.9 Å². The molecule has 0 spiro atoms. The van der Waals surface area contributed by atoms with Crippen molar-refractivity contribution in [2.24, 2.45) is 0 Å². The van der Waals surface area contributed by atoms with Crippen molar-refractivity contribution in [1.29, 1.82) is 0 Å². The van der Waals surface area contributed by atoms with Gasteiger partial charge in [-0.2, -0.15) is 0 Å². The van der Waals surface area contributed by atoms with Crippen LogP contribution in [0.3, 0.4) is 0 Å². The van der Waals surface area contributed by atoms with Crippen molar-refractivity contribution in [1.82, 2.24) is 5.32 Å². The lowest BCUT2D eigenvalue weighted by atomic mass is 10.1. The van der Waals surface area contributed by atoms with E-state index in [2.05, 4.69) is 12.2 Å². The fourth-order valence-corrected chi connectivity index (χ4v) is 1.22. The van der Waals surface area contributed by atoms with Gasteiger partial charge in [-0.15, -0.1) is 0 Å². The molecular weight excluding hydrogens is 165 g/mol. The molecular formula is C11H16FN. The molecule has 1 N–H and O–H groups in total. The number of aryl methyl sites for hydroxylation is 1. The van der Waals surface area contributed by atoms with E-state index < -0.39 is 0 Å². The number of hydrogen-bond acceptors (Lipinski definition) is 1. The maximum absolute atomic E-state index is 12.8. The van der Waals surface area contributed by atoms with Gasteiger partial charge in [0.1, 0.15) is 5.82 Å². The van der Waals surface area contributed by atoms with E-state index in [0.717, 1.165) is 18.4 Å². The fourth-order valence-electron chi connectivity index (χ4n) is 1.22. The Morgan fingerprint density at radius 2 is 2.23 bits per heavy atom. The summed E-state index contributed by atoms with van der Waals surface area (Å²) < 4.78 is 12.8. The van der Waals surface area contributed by atoms with Crippen LogP contribution in [-0.4, -0.2) is 13.1 Å². The molecule has 0 aromatic heterocycles. The molecule has 1 atom stereocenters. The van der Waals surface area contributed by atoms with Gasteiger partial charge in [0.15, 0.2) is 0 Å². The van der Waals surface area contributed by atoms with Crippen LogP contribution < -0.4 is 5.32 Å². The predicted octanol–water partition coefficient (Wildman–Crippen LogP) is 2.37. The van der Waals surface area contributed by atoms with E-state index in [0.29, 0.717) is 6.04 Å². The Morgan fingerprint density at radius 3 is 2.85 bits per heavy atom. The Labute approximate surface area is 79.0 Å². The van der Waals surface area contributed by atoms with Crippen molar-refractivity contribution in [2.75, 3.05) is 7.05 Å². The normalized spacial score (nSPS) is 12.8. The van der Waals surface area contributed by atoms with Crippen molar-refractivity contribution in [3.05, 3.63) is 35.6 Å². The Balaban J connectivity index is 2.45. The highest BCUT2D eigenvalue weighted by molar-refractivity contribution is 5.16. The molecule has 1 nitrogen and oxygen atoms in total. The van der Waals surface area contributed by atoms with Crippen molar-refractivity contribution in [3.8, 4) is 0 Å². The number of halogens is 1. The summed E-state index contributed by atoms with van der Waals surface area (Å²) in [5.74, 6) is -0.144. The second-order valence-corrected chi connectivity index (χ2v) is 3.36. The van der Waals surface area contributed by atoms with E-state index in [-0.39, 0.29) is 5.82 Å². The minimum atomic E-state index is -0.144. The third-order valence-corrected chi connectivity index (χ3v) is 2.25. The topological polar surface area (TPSA) is 12.0 Å². The molecule has 0 aliphatic heterocycles. The lowest BCUT2D eigenvalue weighted by Gasteiger charge is -2.09. The maximum Gasteiger partial charge on any atom is 0.123 e. The molecule has 1 aromatic carbocycles. The number of rotatable bonds is 4. The van der Waals surface area contributed by atoms with Gasteiger partial charge in [-0.25, -0.2) is 4.39 Å². The molecule has 13 heavy (non-hydrogen) atoms. The molecule has 2 heteroatoms. The van der Waals surface area contributed by atoms with Crippen LogP contribution in [0.15, 0.2) is 24.3 Å². The number of nitrogens with one attached hydrogen (secondary N) is 1. The summed E-state index contributed by atoms with van der Waals surface area (Å²) in [5.41, 5.74) is 1.07. The second kappa shape index (κ2) is 4.97. The van der Waals surface area contributed by atoms with Crippen LogP contribution in [-0.2, 0) is 6.42 Å². The van der Waals surface area contributed by atoms with E-state index in [9.17, 15) is 4.39 Å². The summed E-state index contributed by atoms with van der Waals surface area (Å²) in [5, 5.41) is 3.16. The molecule has 1 rings (SSSR count). The molecule has 0 unspecified atom stereocenters. The second-order valence-electron chi connectivity index (χ2n) is 3.36. The Hall–Kier alpha value is -0.890. The molecule has 0 saturated heterocycles. The summed E-state index contributed by atoms with van der Waals surface area (Å²) in [6, 6.07) is 7.29. The zero-order valence-electron chi connectivity index (χ0n) is 8.18. The van der Waals surface area contributed by atoms with Gasteiger partial charge in [0.05, 0.1) is 0 Å². The minimum Gasteiger partial charge on any atom is -0.317 e. The summed E-state index contributed by atoms with van der Waals surface area (Å²) in [6.07, 6.45) is 1.97. The van der Waals surface area contributed by atoms with Crippen molar-refractivity contribution in [2.45, 2.75) is 25.8 Å². The highest BCUT2D eigenvalue weighted by atomic mass is 19.1. The Bertz CT molecular complexity index is 260. The molecule has 0 amide bonds. The fraction of sp³-hybridized carbons (Fsp3) is 0.455. The van der Waals surface area contributed by atoms with E-state index >= 15 is 0 Å². The standard InChI is InChI=1S/C11H16FN/c1-9(13-2)6-7-10-4-3-5-11(12)8-10/h3-5,8-9,13H,6-7H2,1-2H3/t9-/m0/s1. The van der Waals surface area contributed by atoms with Crippen molar-refractivity contribution < 1.29 is 4.39 Å². The smallest absolute Gasteiger partial charge is 0.123 e. The molecule has 0 saturated carbocycles. The highest BCUT2D eigenvalue weighted by Gasteiger charge is 1.99. The van der Waals surface area contributed by atoms with Crippen molar-refractivity contribution in [3.63, 3.8) is 0 Å². The zero-order valence-corrected chi connectivity index (χ0v) is 8.18. The van der Waals surface area contributed by atoms with Crippen LogP contribution in [0.25, 0.3) is 0 Å². The third kappa shape index (κ3) is 3.55. The molecule has 0 radical (unpaired) electrons. The molecule has 1 aromatic rings. The van der Waals surface area contributed by atoms with Crippen LogP contribution in [0, 0.1) is 5.82 Å². The molecule has 0 fully saturated rings. The lowest BCUT2D eigenvalue weighted by Crippen LogP contribution is -2.21. The van der Waals surface area contributed by atoms with Crippen LogP contribution in [0.2, 0.25) is 0 Å². The van der Waals surface area contributed by atoms with Gasteiger partial charge in [0.2, 0.25) is 0 Å². The zero-order chi connectivity index (χ0) is 9.68. The van der Waals surface area contributed by atoms with E-state index in [1.54, 1.807) is 12.1 Å². The summed E-state index contributed by atoms with van der Waals surface area (Å²) in [7, 11) is 1.94. The largest absolute Gasteiger partial charge is 0.317 e. The van der Waals surface area contributed by atoms with Crippen molar-refractivity contribution >= 4 is 0 Å². The first kappa shape index (κ1) is 10.2. The Kier molecular flexibility index (Phi) is 3.90. The number of hydrogen-bond donors (Lipinski definition) is 1. The number of benzene rings is 1. The quantitative estimate of drug-likeness (QED) is 0.752. The van der Waals surface area contributed by atoms with E-state index in [4.69, 9.17) is 0 Å². The molecule has 0 aliphatic rings. The van der Waals surface area contributed by atoms with Gasteiger partial charge in [-0.05, 0) is 44.5 Å². The first-order valence-electron chi connectivity index (χ1n) is 4.64. The van der Waals surface area contributed by atoms with Gasteiger partial charge in [0.25, 0.3) is 0 Å². The summed E-state index contributed by atoms with van der Waals surface area (Å²) in [4.78, 5) is 0. The highest BCUT2D eigenvalue weighted by Crippen LogP contribution is 2.07. The predicted molar refractivity (Wildman–Crippen MR) is 53.2 cm³/mol. The van der Waals surface area contributed by atoms with E-state index in [1.165, 1.54) is 6.07 Å². The van der Waals surface area contributed by atoms with Gasteiger partial charge in [0, 0.05) is 6.04 Å². The van der Waals surface area contributed by atoms with Crippen LogP contribution >= 0.6 is 0 Å². The molecule has 0 bridgehead atoms. The van der Waals surface area contributed by atoms with Gasteiger partial charge < -0.3 is 5.32 Å². The SMILES string of the molecule is CN[C@@H](C)CCc1cccc(F)c1. The first-order valence-corrected chi connectivity index (χ1v) is 4.64. The molecule has 0 heterocycles. The maximum atomic E-state index is 12.8. The molecule has 72 valence electrons. The average molecular weight is 181 g/mol. The van der Waals surface area contributed by atoms with Gasteiger partial charge in [-0.3, -0.25) is 0 Å². The minimum absolute atomic E-state index is 0.144. The summed E-state index contributed by atoms with van der Waals surface area (Å²) in [6.45, 7) is 2.12. The van der Waals surface area contributed by atoms with Crippen LogP contribution in [0.4, 0.5) is 4.39 Å². The third-order valence-electron chi connectivity index (χ3n) is 2.25. The first-order chi connectivity index (χ1) is 6.22. The molecule has 0 aliphatic carbocycles. The van der Waals surface area contributed by atoms with Gasteiger partial charge >= 0.3 is 0 Å².